The predicted molar refractivity (Wildman–Crippen MR) is 201 cm³/mol. The second-order valence-electron chi connectivity index (χ2n) is 13.8. The van der Waals surface area contributed by atoms with Crippen LogP contribution in [0.5, 0.6) is 0 Å². The molecule has 2 aromatic heterocycles. The number of aromatic nitrogens is 3. The average Bonchev–Trinajstić information content (AvgIpc) is 3.88. The van der Waals surface area contributed by atoms with E-state index in [-0.39, 0.29) is 29.7 Å². The lowest BCUT2D eigenvalue weighted by atomic mass is 9.88. The minimum atomic E-state index is -0.296. The van der Waals surface area contributed by atoms with Gasteiger partial charge in [-0.25, -0.2) is 9.97 Å². The molecule has 3 atom stereocenters. The summed E-state index contributed by atoms with van der Waals surface area (Å²) in [5.74, 6) is 1.79. The van der Waals surface area contributed by atoms with Crippen LogP contribution >= 0.6 is 0 Å². The molecule has 0 radical (unpaired) electrons. The van der Waals surface area contributed by atoms with Crippen molar-refractivity contribution in [2.75, 3.05) is 39.0 Å². The SMILES string of the molecule is C=C(C)/C(=C\C=C/C)[C@@H](CCN(C)C)C(=O)N(CCC)Cc1nc2c([nH]1)=CC(c1cnc(-c3ccc(C)c(NC(=O)[C@@H]4CCCN4)c3)o1)CC=2. The molecule has 5 rings (SSSR count). The maximum Gasteiger partial charge on any atom is 0.241 e. The van der Waals surface area contributed by atoms with Crippen LogP contribution in [0.3, 0.4) is 0 Å². The van der Waals surface area contributed by atoms with E-state index in [0.717, 1.165) is 89.0 Å². The van der Waals surface area contributed by atoms with Crippen molar-refractivity contribution in [1.82, 2.24) is 30.1 Å². The zero-order chi connectivity index (χ0) is 35.8. The fourth-order valence-electron chi connectivity index (χ4n) is 6.62. The monoisotopic (exact) mass is 679 g/mol. The number of hydrogen-bond donors (Lipinski definition) is 3. The van der Waals surface area contributed by atoms with Crippen LogP contribution < -0.4 is 21.3 Å². The number of imidazole rings is 1. The molecule has 2 aliphatic rings. The third-order valence-corrected chi connectivity index (χ3v) is 9.40. The van der Waals surface area contributed by atoms with Crippen LogP contribution in [0.2, 0.25) is 0 Å². The van der Waals surface area contributed by atoms with E-state index < -0.39 is 0 Å². The van der Waals surface area contributed by atoms with Gasteiger partial charge < -0.3 is 29.8 Å². The molecule has 266 valence electrons. The first kappa shape index (κ1) is 36.7. The summed E-state index contributed by atoms with van der Waals surface area (Å²) in [5, 5.41) is 8.13. The summed E-state index contributed by atoms with van der Waals surface area (Å²) in [6.45, 7) is 14.9. The number of nitrogens with one attached hydrogen (secondary N) is 3. The van der Waals surface area contributed by atoms with Crippen LogP contribution in [0, 0.1) is 12.8 Å². The van der Waals surface area contributed by atoms with Crippen molar-refractivity contribution in [3.63, 3.8) is 0 Å². The van der Waals surface area contributed by atoms with Crippen LogP contribution in [-0.2, 0) is 16.1 Å². The van der Waals surface area contributed by atoms with Crippen LogP contribution in [0.15, 0.2) is 64.8 Å². The molecule has 1 aliphatic heterocycles. The Balaban J connectivity index is 1.33. The van der Waals surface area contributed by atoms with Crippen molar-refractivity contribution in [3.05, 3.63) is 88.2 Å². The Bertz CT molecular complexity index is 1860. The molecule has 50 heavy (non-hydrogen) atoms. The third kappa shape index (κ3) is 8.97. The highest BCUT2D eigenvalue weighted by Gasteiger charge is 2.29. The Morgan fingerprint density at radius 1 is 1.24 bits per heavy atom. The predicted octanol–water partition coefficient (Wildman–Crippen LogP) is 5.20. The Labute approximate surface area is 296 Å². The highest BCUT2D eigenvalue weighted by atomic mass is 16.4. The number of fused-ring (bicyclic) bond motifs is 1. The summed E-state index contributed by atoms with van der Waals surface area (Å²) < 4.78 is 6.30. The van der Waals surface area contributed by atoms with Gasteiger partial charge in [0.1, 0.15) is 11.6 Å². The van der Waals surface area contributed by atoms with Crippen LogP contribution in [0.1, 0.15) is 75.9 Å². The number of allylic oxidation sites excluding steroid dienone is 4. The lowest BCUT2D eigenvalue weighted by Crippen LogP contribution is -2.38. The Kier molecular flexibility index (Phi) is 12.4. The lowest BCUT2D eigenvalue weighted by molar-refractivity contribution is -0.135. The number of oxazole rings is 1. The van der Waals surface area contributed by atoms with E-state index in [1.54, 1.807) is 6.20 Å². The van der Waals surface area contributed by atoms with Gasteiger partial charge in [0.2, 0.25) is 17.7 Å². The summed E-state index contributed by atoms with van der Waals surface area (Å²) in [7, 11) is 4.06. The number of aryl methyl sites for hydroxylation is 1. The van der Waals surface area contributed by atoms with E-state index in [1.807, 2.05) is 76.2 Å². The van der Waals surface area contributed by atoms with E-state index in [9.17, 15) is 9.59 Å². The van der Waals surface area contributed by atoms with Gasteiger partial charge in [0, 0.05) is 23.7 Å². The van der Waals surface area contributed by atoms with E-state index in [0.29, 0.717) is 25.4 Å². The second-order valence-corrected chi connectivity index (χ2v) is 13.8. The molecule has 2 amide bonds. The first-order chi connectivity index (χ1) is 24.1. The molecule has 1 aliphatic carbocycles. The third-order valence-electron chi connectivity index (χ3n) is 9.40. The first-order valence-electron chi connectivity index (χ1n) is 17.9. The summed E-state index contributed by atoms with van der Waals surface area (Å²) in [6.07, 6.45) is 16.1. The molecule has 3 N–H and O–H groups in total. The molecular weight excluding hydrogens is 626 g/mol. The van der Waals surface area contributed by atoms with E-state index in [2.05, 4.69) is 51.2 Å². The number of nitrogens with zero attached hydrogens (tertiary/aromatic N) is 4. The summed E-state index contributed by atoms with van der Waals surface area (Å²) in [4.78, 5) is 44.0. The van der Waals surface area contributed by atoms with Gasteiger partial charge in [-0.1, -0.05) is 49.4 Å². The van der Waals surface area contributed by atoms with Crippen molar-refractivity contribution < 1.29 is 14.0 Å². The highest BCUT2D eigenvalue weighted by Crippen LogP contribution is 2.30. The Morgan fingerprint density at radius 3 is 2.76 bits per heavy atom. The normalized spacial score (nSPS) is 18.1. The van der Waals surface area contributed by atoms with Gasteiger partial charge in [-0.15, -0.1) is 0 Å². The molecule has 1 saturated heterocycles. The second kappa shape index (κ2) is 16.9. The molecule has 1 unspecified atom stereocenters. The molecular formula is C40H53N7O3. The van der Waals surface area contributed by atoms with Crippen molar-refractivity contribution in [3.8, 4) is 11.5 Å². The number of H-pyrrole nitrogens is 1. The van der Waals surface area contributed by atoms with Crippen LogP contribution in [0.4, 0.5) is 5.69 Å². The minimum Gasteiger partial charge on any atom is -0.441 e. The zero-order valence-electron chi connectivity index (χ0n) is 30.5. The standard InChI is InChI=1S/C40H53N7O3/c1-8-10-12-30(26(3)4)31(18-21-46(6)7)40(49)47(20-9-2)25-37-43-32-17-16-28(22-35(32)44-37)36-24-42-39(50-36)29-15-14-27(5)34(23-29)45-38(48)33-13-11-19-41-33/h8,10,12,14-15,17,22-24,28,31,33,41H,3,9,11,13,16,18-21,25H2,1-2,4-7H3,(H,43,44)(H,45,48)/b10-8-,30-12+/t28?,31-,33+/m1/s1. The van der Waals surface area contributed by atoms with Gasteiger partial charge in [0.05, 0.1) is 35.4 Å². The summed E-state index contributed by atoms with van der Waals surface area (Å²) in [6, 6.07) is 5.72. The zero-order valence-corrected chi connectivity index (χ0v) is 30.5. The number of hydrogen-bond acceptors (Lipinski definition) is 7. The number of aromatic amines is 1. The number of anilines is 1. The fourth-order valence-corrected chi connectivity index (χ4v) is 6.62. The molecule has 0 spiro atoms. The van der Waals surface area contributed by atoms with Crippen LogP contribution in [0.25, 0.3) is 23.6 Å². The van der Waals surface area contributed by atoms with Crippen molar-refractivity contribution >= 4 is 29.7 Å². The molecule has 1 fully saturated rings. The largest absolute Gasteiger partial charge is 0.441 e. The number of carbonyl (C=O) groups is 2. The van der Waals surface area contributed by atoms with Crippen LogP contribution in [-0.4, -0.2) is 76.3 Å². The summed E-state index contributed by atoms with van der Waals surface area (Å²) >= 11 is 0. The van der Waals surface area contributed by atoms with Gasteiger partial charge in [-0.3, -0.25) is 9.59 Å². The van der Waals surface area contributed by atoms with E-state index in [1.165, 1.54) is 0 Å². The first-order valence-corrected chi connectivity index (χ1v) is 17.9. The number of amides is 2. The number of benzene rings is 1. The maximum absolute atomic E-state index is 14.2. The molecule has 0 bridgehead atoms. The highest BCUT2D eigenvalue weighted by molar-refractivity contribution is 5.96. The van der Waals surface area contributed by atoms with E-state index in [4.69, 9.17) is 9.40 Å². The quantitative estimate of drug-likeness (QED) is 0.189. The lowest BCUT2D eigenvalue weighted by Gasteiger charge is -2.29. The van der Waals surface area contributed by atoms with Gasteiger partial charge in [-0.2, -0.15) is 0 Å². The Hall–Kier alpha value is -4.54. The molecule has 10 nitrogen and oxygen atoms in total. The molecule has 10 heteroatoms. The summed E-state index contributed by atoms with van der Waals surface area (Å²) in [5.41, 5.74) is 4.42. The van der Waals surface area contributed by atoms with Gasteiger partial charge in [0.15, 0.2) is 0 Å². The van der Waals surface area contributed by atoms with Gasteiger partial charge in [-0.05, 0) is 109 Å². The fraction of sp³-hybridized carbons (Fsp3) is 0.450. The minimum absolute atomic E-state index is 0.0120. The molecule has 3 heterocycles. The topological polar surface area (TPSA) is 119 Å². The number of carbonyl (C=O) groups excluding carboxylic acids is 2. The Morgan fingerprint density at radius 2 is 2.06 bits per heavy atom. The maximum atomic E-state index is 14.2. The van der Waals surface area contributed by atoms with Crippen molar-refractivity contribution in [2.24, 2.45) is 5.92 Å². The molecule has 0 saturated carbocycles. The van der Waals surface area contributed by atoms with Gasteiger partial charge >= 0.3 is 0 Å². The number of rotatable bonds is 15. The van der Waals surface area contributed by atoms with Crippen molar-refractivity contribution in [1.29, 1.82) is 0 Å². The van der Waals surface area contributed by atoms with Crippen molar-refractivity contribution in [2.45, 2.75) is 78.3 Å². The van der Waals surface area contributed by atoms with Gasteiger partial charge in [0.25, 0.3) is 0 Å². The molecule has 3 aromatic rings. The average molecular weight is 680 g/mol. The molecule has 1 aromatic carbocycles. The smallest absolute Gasteiger partial charge is 0.241 e. The van der Waals surface area contributed by atoms with E-state index >= 15 is 0 Å².